The van der Waals surface area contributed by atoms with Gasteiger partial charge in [0.05, 0.1) is 0 Å². The van der Waals surface area contributed by atoms with Crippen molar-refractivity contribution in [3.63, 3.8) is 0 Å². The summed E-state index contributed by atoms with van der Waals surface area (Å²) in [6, 6.07) is 11.3. The first kappa shape index (κ1) is 15.6. The topological polar surface area (TPSA) is 26.0 Å². The molecule has 1 fully saturated rings. The van der Waals surface area contributed by atoms with Crippen LogP contribution in [0.4, 0.5) is 0 Å². The maximum atomic E-state index is 6.51. The van der Waals surface area contributed by atoms with Gasteiger partial charge in [0.25, 0.3) is 0 Å². The van der Waals surface area contributed by atoms with Crippen LogP contribution in [0, 0.1) is 0 Å². The average Bonchev–Trinajstić information content (AvgIpc) is 3.29. The van der Waals surface area contributed by atoms with Gasteiger partial charge < -0.3 is 5.73 Å². The van der Waals surface area contributed by atoms with E-state index in [2.05, 4.69) is 37.3 Å². The predicted molar refractivity (Wildman–Crippen MR) is 87.9 cm³/mol. The number of hydrogen-bond donors (Lipinski definition) is 1. The van der Waals surface area contributed by atoms with Gasteiger partial charge in [-0.1, -0.05) is 82.2 Å². The Morgan fingerprint density at radius 2 is 1.55 bits per heavy atom. The van der Waals surface area contributed by atoms with Crippen molar-refractivity contribution >= 4 is 0 Å². The minimum atomic E-state index is 0.323. The number of nitrogens with two attached hydrogens (primary N) is 1. The fourth-order valence-corrected chi connectivity index (χ4v) is 3.38. The largest absolute Gasteiger partial charge is 0.327 e. The molecule has 1 saturated carbocycles. The molecule has 0 heterocycles. The van der Waals surface area contributed by atoms with Gasteiger partial charge in [0.2, 0.25) is 0 Å². The van der Waals surface area contributed by atoms with Gasteiger partial charge in [-0.05, 0) is 24.8 Å². The van der Waals surface area contributed by atoms with Crippen LogP contribution in [-0.4, -0.2) is 6.04 Å². The van der Waals surface area contributed by atoms with E-state index in [1.54, 1.807) is 0 Å². The summed E-state index contributed by atoms with van der Waals surface area (Å²) in [5, 5.41) is 0. The first-order valence-electron chi connectivity index (χ1n) is 8.61. The number of benzene rings is 1. The van der Waals surface area contributed by atoms with Crippen molar-refractivity contribution in [2.45, 2.75) is 82.6 Å². The van der Waals surface area contributed by atoms with E-state index in [-0.39, 0.29) is 0 Å². The first-order chi connectivity index (χ1) is 9.79. The summed E-state index contributed by atoms with van der Waals surface area (Å²) in [4.78, 5) is 0. The standard InChI is InChI=1S/C19H31N/c1-2-3-4-5-6-7-11-14-18(20)19(15-16-19)17-12-9-8-10-13-17/h8-10,12-13,18H,2-7,11,14-16,20H2,1H3. The third-order valence-electron chi connectivity index (χ3n) is 4.97. The molecule has 0 bridgehead atoms. The van der Waals surface area contributed by atoms with Gasteiger partial charge in [-0.2, -0.15) is 0 Å². The summed E-state index contributed by atoms with van der Waals surface area (Å²) in [7, 11) is 0. The molecule has 0 saturated heterocycles. The van der Waals surface area contributed by atoms with Gasteiger partial charge >= 0.3 is 0 Å². The van der Waals surface area contributed by atoms with E-state index in [0.29, 0.717) is 11.5 Å². The lowest BCUT2D eigenvalue weighted by Gasteiger charge is -2.24. The quantitative estimate of drug-likeness (QED) is 0.584. The van der Waals surface area contributed by atoms with E-state index < -0.39 is 0 Å². The zero-order valence-electron chi connectivity index (χ0n) is 13.1. The minimum absolute atomic E-state index is 0.323. The maximum Gasteiger partial charge on any atom is 0.0136 e. The second-order valence-electron chi connectivity index (χ2n) is 6.54. The molecule has 0 amide bonds. The van der Waals surface area contributed by atoms with Crippen LogP contribution >= 0.6 is 0 Å². The molecule has 0 aromatic heterocycles. The van der Waals surface area contributed by atoms with Crippen molar-refractivity contribution < 1.29 is 0 Å². The second-order valence-corrected chi connectivity index (χ2v) is 6.54. The summed E-state index contributed by atoms with van der Waals surface area (Å²) in [6.45, 7) is 2.28. The molecule has 1 atom stereocenters. The zero-order chi connectivity index (χ0) is 14.3. The fourth-order valence-electron chi connectivity index (χ4n) is 3.38. The van der Waals surface area contributed by atoms with E-state index in [1.165, 1.54) is 69.8 Å². The van der Waals surface area contributed by atoms with Crippen LogP contribution in [0.2, 0.25) is 0 Å². The lowest BCUT2D eigenvalue weighted by molar-refractivity contribution is 0.454. The average molecular weight is 273 g/mol. The number of rotatable bonds is 10. The molecule has 0 aliphatic heterocycles. The summed E-state index contributed by atoms with van der Waals surface area (Å²) in [6.07, 6.45) is 13.4. The molecule has 1 heteroatoms. The van der Waals surface area contributed by atoms with E-state index in [0.717, 1.165) is 0 Å². The van der Waals surface area contributed by atoms with Gasteiger partial charge in [0, 0.05) is 11.5 Å². The van der Waals surface area contributed by atoms with Crippen LogP contribution in [0.1, 0.15) is 76.7 Å². The zero-order valence-corrected chi connectivity index (χ0v) is 13.1. The summed E-state index contributed by atoms with van der Waals surface area (Å²) >= 11 is 0. The van der Waals surface area contributed by atoms with Crippen LogP contribution < -0.4 is 5.73 Å². The molecule has 2 N–H and O–H groups in total. The molecule has 20 heavy (non-hydrogen) atoms. The monoisotopic (exact) mass is 273 g/mol. The van der Waals surface area contributed by atoms with Crippen LogP contribution in [0.15, 0.2) is 30.3 Å². The van der Waals surface area contributed by atoms with Crippen molar-refractivity contribution in [3.8, 4) is 0 Å². The fraction of sp³-hybridized carbons (Fsp3) is 0.684. The molecule has 0 spiro atoms. The van der Waals surface area contributed by atoms with E-state index in [9.17, 15) is 0 Å². The molecule has 1 aliphatic carbocycles. The molecule has 1 aliphatic rings. The van der Waals surface area contributed by atoms with Crippen LogP contribution in [-0.2, 0) is 5.41 Å². The smallest absolute Gasteiger partial charge is 0.0136 e. The van der Waals surface area contributed by atoms with Gasteiger partial charge in [-0.3, -0.25) is 0 Å². The third-order valence-corrected chi connectivity index (χ3v) is 4.97. The molecule has 1 aromatic rings. The Hall–Kier alpha value is -0.820. The highest BCUT2D eigenvalue weighted by Crippen LogP contribution is 2.51. The maximum absolute atomic E-state index is 6.51. The highest BCUT2D eigenvalue weighted by molar-refractivity contribution is 5.33. The molecule has 1 aromatic carbocycles. The van der Waals surface area contributed by atoms with E-state index in [1.807, 2.05) is 0 Å². The van der Waals surface area contributed by atoms with Crippen LogP contribution in [0.5, 0.6) is 0 Å². The van der Waals surface area contributed by atoms with Crippen molar-refractivity contribution in [2.24, 2.45) is 5.73 Å². The van der Waals surface area contributed by atoms with Crippen molar-refractivity contribution in [1.82, 2.24) is 0 Å². The number of hydrogen-bond acceptors (Lipinski definition) is 1. The lowest BCUT2D eigenvalue weighted by Crippen LogP contribution is -2.34. The molecular weight excluding hydrogens is 242 g/mol. The van der Waals surface area contributed by atoms with Gasteiger partial charge in [-0.15, -0.1) is 0 Å². The van der Waals surface area contributed by atoms with Crippen LogP contribution in [0.3, 0.4) is 0 Å². The van der Waals surface area contributed by atoms with Crippen LogP contribution in [0.25, 0.3) is 0 Å². The Bertz CT molecular complexity index is 367. The minimum Gasteiger partial charge on any atom is -0.327 e. The summed E-state index contributed by atoms with van der Waals surface area (Å²) < 4.78 is 0. The lowest BCUT2D eigenvalue weighted by atomic mass is 9.85. The number of unbranched alkanes of at least 4 members (excludes halogenated alkanes) is 6. The summed E-state index contributed by atoms with van der Waals surface area (Å²) in [5.74, 6) is 0. The predicted octanol–water partition coefficient (Wildman–Crippen LogP) is 5.19. The van der Waals surface area contributed by atoms with Crippen molar-refractivity contribution in [2.75, 3.05) is 0 Å². The Morgan fingerprint density at radius 3 is 2.15 bits per heavy atom. The first-order valence-corrected chi connectivity index (χ1v) is 8.61. The van der Waals surface area contributed by atoms with Gasteiger partial charge in [0.1, 0.15) is 0 Å². The Labute approximate surface area is 125 Å². The molecule has 1 unspecified atom stereocenters. The van der Waals surface area contributed by atoms with Crippen molar-refractivity contribution in [1.29, 1.82) is 0 Å². The third kappa shape index (κ3) is 4.09. The summed E-state index contributed by atoms with van der Waals surface area (Å²) in [5.41, 5.74) is 8.30. The highest BCUT2D eigenvalue weighted by atomic mass is 14.7. The molecule has 0 radical (unpaired) electrons. The second kappa shape index (κ2) is 7.83. The SMILES string of the molecule is CCCCCCCCCC(N)C1(c2ccccc2)CC1. The van der Waals surface area contributed by atoms with Crippen molar-refractivity contribution in [3.05, 3.63) is 35.9 Å². The van der Waals surface area contributed by atoms with E-state index >= 15 is 0 Å². The van der Waals surface area contributed by atoms with Gasteiger partial charge in [0.15, 0.2) is 0 Å². The van der Waals surface area contributed by atoms with Gasteiger partial charge in [-0.25, -0.2) is 0 Å². The molecule has 112 valence electrons. The Kier molecular flexibility index (Phi) is 6.09. The Balaban J connectivity index is 1.66. The molecular formula is C19H31N. The van der Waals surface area contributed by atoms with E-state index in [4.69, 9.17) is 5.73 Å². The molecule has 1 nitrogen and oxygen atoms in total. The normalized spacial score (nSPS) is 17.9. The molecule has 2 rings (SSSR count). The Morgan fingerprint density at radius 1 is 0.950 bits per heavy atom. The highest BCUT2D eigenvalue weighted by Gasteiger charge is 2.48.